The fraction of sp³-hybridized carbons (Fsp3) is 0.133. The SMILES string of the molecule is Cc1cccc(Oc2cccc(Br)c2C(N)=S)c1C. The highest BCUT2D eigenvalue weighted by Gasteiger charge is 2.12. The maximum atomic E-state index is 5.97. The third-order valence-corrected chi connectivity index (χ3v) is 3.86. The summed E-state index contributed by atoms with van der Waals surface area (Å²) in [6, 6.07) is 11.6. The van der Waals surface area contributed by atoms with E-state index >= 15 is 0 Å². The maximum absolute atomic E-state index is 5.97. The molecule has 4 heteroatoms. The molecular weight excluding hydrogens is 322 g/mol. The molecule has 0 fully saturated rings. The van der Waals surface area contributed by atoms with Gasteiger partial charge in [0.15, 0.2) is 0 Å². The van der Waals surface area contributed by atoms with E-state index in [2.05, 4.69) is 28.9 Å². The third kappa shape index (κ3) is 2.96. The van der Waals surface area contributed by atoms with Crippen molar-refractivity contribution in [2.45, 2.75) is 13.8 Å². The fourth-order valence-corrected chi connectivity index (χ4v) is 2.69. The Labute approximate surface area is 126 Å². The van der Waals surface area contributed by atoms with Crippen molar-refractivity contribution in [3.8, 4) is 11.5 Å². The van der Waals surface area contributed by atoms with Crippen LogP contribution in [0.15, 0.2) is 40.9 Å². The Kier molecular flexibility index (Phi) is 4.22. The Balaban J connectivity index is 2.47. The number of benzene rings is 2. The molecule has 0 aliphatic rings. The Morgan fingerprint density at radius 2 is 1.74 bits per heavy atom. The van der Waals surface area contributed by atoms with Gasteiger partial charge in [0, 0.05) is 4.47 Å². The molecule has 0 aliphatic carbocycles. The van der Waals surface area contributed by atoms with Crippen LogP contribution in [0.2, 0.25) is 0 Å². The number of nitrogens with two attached hydrogens (primary N) is 1. The monoisotopic (exact) mass is 335 g/mol. The van der Waals surface area contributed by atoms with E-state index in [9.17, 15) is 0 Å². The van der Waals surface area contributed by atoms with Crippen molar-refractivity contribution in [2.24, 2.45) is 5.73 Å². The molecule has 2 aromatic rings. The van der Waals surface area contributed by atoms with Gasteiger partial charge in [0.1, 0.15) is 16.5 Å². The Morgan fingerprint density at radius 3 is 2.42 bits per heavy atom. The zero-order valence-electron chi connectivity index (χ0n) is 10.7. The van der Waals surface area contributed by atoms with E-state index in [0.29, 0.717) is 10.7 Å². The van der Waals surface area contributed by atoms with Crippen LogP contribution < -0.4 is 10.5 Å². The molecule has 0 amide bonds. The Hall–Kier alpha value is -1.39. The van der Waals surface area contributed by atoms with Crippen molar-refractivity contribution < 1.29 is 4.74 Å². The van der Waals surface area contributed by atoms with Crippen molar-refractivity contribution in [3.05, 3.63) is 57.6 Å². The van der Waals surface area contributed by atoms with Crippen molar-refractivity contribution in [1.29, 1.82) is 0 Å². The molecule has 2 rings (SSSR count). The predicted molar refractivity (Wildman–Crippen MR) is 86.0 cm³/mol. The van der Waals surface area contributed by atoms with Gasteiger partial charge in [-0.05, 0) is 59.1 Å². The topological polar surface area (TPSA) is 35.2 Å². The smallest absolute Gasteiger partial charge is 0.138 e. The van der Waals surface area contributed by atoms with Crippen molar-refractivity contribution in [3.63, 3.8) is 0 Å². The summed E-state index contributed by atoms with van der Waals surface area (Å²) in [7, 11) is 0. The predicted octanol–water partition coefficient (Wildman–Crippen LogP) is 4.49. The zero-order valence-corrected chi connectivity index (χ0v) is 13.1. The van der Waals surface area contributed by atoms with E-state index < -0.39 is 0 Å². The van der Waals surface area contributed by atoms with Crippen molar-refractivity contribution in [2.75, 3.05) is 0 Å². The van der Waals surface area contributed by atoms with Gasteiger partial charge >= 0.3 is 0 Å². The quantitative estimate of drug-likeness (QED) is 0.839. The molecule has 2 aromatic carbocycles. The molecule has 98 valence electrons. The number of rotatable bonds is 3. The van der Waals surface area contributed by atoms with Crippen LogP contribution >= 0.6 is 28.1 Å². The number of ether oxygens (including phenoxy) is 1. The lowest BCUT2D eigenvalue weighted by Gasteiger charge is -2.14. The maximum Gasteiger partial charge on any atom is 0.138 e. The lowest BCUT2D eigenvalue weighted by molar-refractivity contribution is 0.477. The summed E-state index contributed by atoms with van der Waals surface area (Å²) in [5, 5.41) is 0. The molecule has 0 bridgehead atoms. The van der Waals surface area contributed by atoms with Gasteiger partial charge in [0.2, 0.25) is 0 Å². The molecule has 0 saturated carbocycles. The van der Waals surface area contributed by atoms with E-state index in [1.165, 1.54) is 5.56 Å². The summed E-state index contributed by atoms with van der Waals surface area (Å²) in [5.74, 6) is 1.48. The summed E-state index contributed by atoms with van der Waals surface area (Å²) in [6.45, 7) is 4.08. The largest absolute Gasteiger partial charge is 0.456 e. The second kappa shape index (κ2) is 5.72. The minimum absolute atomic E-state index is 0.313. The molecule has 2 nitrogen and oxygen atoms in total. The van der Waals surface area contributed by atoms with Gasteiger partial charge in [-0.3, -0.25) is 0 Å². The summed E-state index contributed by atoms with van der Waals surface area (Å²) in [6.07, 6.45) is 0. The molecule has 0 unspecified atom stereocenters. The molecule has 0 heterocycles. The van der Waals surface area contributed by atoms with Gasteiger partial charge in [-0.15, -0.1) is 0 Å². The van der Waals surface area contributed by atoms with E-state index in [4.69, 9.17) is 22.7 Å². The molecule has 0 aliphatic heterocycles. The van der Waals surface area contributed by atoms with Gasteiger partial charge in [0.25, 0.3) is 0 Å². The number of aryl methyl sites for hydroxylation is 1. The zero-order chi connectivity index (χ0) is 14.0. The molecule has 19 heavy (non-hydrogen) atoms. The lowest BCUT2D eigenvalue weighted by atomic mass is 10.1. The van der Waals surface area contributed by atoms with E-state index in [0.717, 1.165) is 21.3 Å². The number of halogens is 1. The number of thiocarbonyl (C=S) groups is 1. The second-order valence-corrected chi connectivity index (χ2v) is 5.57. The van der Waals surface area contributed by atoms with Crippen LogP contribution in [0, 0.1) is 13.8 Å². The molecule has 0 atom stereocenters. The third-order valence-electron chi connectivity index (χ3n) is 3.00. The average Bonchev–Trinajstić information content (AvgIpc) is 2.34. The summed E-state index contributed by atoms with van der Waals surface area (Å²) < 4.78 is 6.80. The highest BCUT2D eigenvalue weighted by Crippen LogP contribution is 2.32. The van der Waals surface area contributed by atoms with E-state index in [1.54, 1.807) is 0 Å². The first-order valence-electron chi connectivity index (χ1n) is 5.83. The van der Waals surface area contributed by atoms with E-state index in [-0.39, 0.29) is 0 Å². The van der Waals surface area contributed by atoms with Crippen LogP contribution in [0.3, 0.4) is 0 Å². The van der Waals surface area contributed by atoms with Crippen molar-refractivity contribution in [1.82, 2.24) is 0 Å². The summed E-state index contributed by atoms with van der Waals surface area (Å²) in [5.41, 5.74) is 8.77. The highest BCUT2D eigenvalue weighted by molar-refractivity contribution is 9.10. The van der Waals surface area contributed by atoms with Gasteiger partial charge in [-0.25, -0.2) is 0 Å². The number of hydrogen-bond acceptors (Lipinski definition) is 2. The highest BCUT2D eigenvalue weighted by atomic mass is 79.9. The fourth-order valence-electron chi connectivity index (χ4n) is 1.78. The van der Waals surface area contributed by atoms with Gasteiger partial charge in [0.05, 0.1) is 5.56 Å². The molecule has 0 aromatic heterocycles. The van der Waals surface area contributed by atoms with Crippen LogP contribution in [0.1, 0.15) is 16.7 Å². The van der Waals surface area contributed by atoms with Gasteiger partial charge in [-0.2, -0.15) is 0 Å². The van der Waals surface area contributed by atoms with Crippen LogP contribution in [0.25, 0.3) is 0 Å². The van der Waals surface area contributed by atoms with Gasteiger partial charge < -0.3 is 10.5 Å². The second-order valence-electron chi connectivity index (χ2n) is 4.28. The molecule has 2 N–H and O–H groups in total. The molecule has 0 radical (unpaired) electrons. The Morgan fingerprint density at radius 1 is 1.11 bits per heavy atom. The summed E-state index contributed by atoms with van der Waals surface area (Å²) >= 11 is 8.53. The molecule has 0 spiro atoms. The number of hydrogen-bond donors (Lipinski definition) is 1. The van der Waals surface area contributed by atoms with Crippen LogP contribution in [0.4, 0.5) is 0 Å². The normalized spacial score (nSPS) is 10.3. The van der Waals surface area contributed by atoms with Crippen LogP contribution in [0.5, 0.6) is 11.5 Å². The standard InChI is InChI=1S/C15H14BrNOS/c1-9-5-3-7-12(10(9)2)18-13-8-4-6-11(16)14(13)15(17)19/h3-8H,1-2H3,(H2,17,19). The van der Waals surface area contributed by atoms with Crippen molar-refractivity contribution >= 4 is 33.1 Å². The van der Waals surface area contributed by atoms with Crippen LogP contribution in [-0.4, -0.2) is 4.99 Å². The molecular formula is C15H14BrNOS. The minimum Gasteiger partial charge on any atom is -0.456 e. The van der Waals surface area contributed by atoms with Gasteiger partial charge in [-0.1, -0.05) is 30.4 Å². The first kappa shape index (κ1) is 14.0. The van der Waals surface area contributed by atoms with Crippen LogP contribution in [-0.2, 0) is 0 Å². The Bertz CT molecular complexity index is 640. The first-order valence-corrected chi connectivity index (χ1v) is 7.03. The van der Waals surface area contributed by atoms with E-state index in [1.807, 2.05) is 37.3 Å². The summed E-state index contributed by atoms with van der Waals surface area (Å²) in [4.78, 5) is 0.313. The lowest BCUT2D eigenvalue weighted by Crippen LogP contribution is -2.11. The average molecular weight is 336 g/mol. The molecule has 0 saturated heterocycles. The minimum atomic E-state index is 0.313. The first-order chi connectivity index (χ1) is 9.00.